The van der Waals surface area contributed by atoms with Crippen LogP contribution in [0, 0.1) is 5.92 Å². The van der Waals surface area contributed by atoms with E-state index >= 15 is 0 Å². The van der Waals surface area contributed by atoms with Crippen molar-refractivity contribution in [2.75, 3.05) is 0 Å². The average Bonchev–Trinajstić information content (AvgIpc) is 1.96. The van der Waals surface area contributed by atoms with Crippen molar-refractivity contribution in [1.82, 2.24) is 0 Å². The third kappa shape index (κ3) is 3.56. The van der Waals surface area contributed by atoms with Gasteiger partial charge < -0.3 is 0 Å². The Kier molecular flexibility index (Phi) is 4.23. The maximum atomic E-state index is 12.4. The summed E-state index contributed by atoms with van der Waals surface area (Å²) in [4.78, 5) is 0. The quantitative estimate of drug-likeness (QED) is 0.657. The molecule has 0 saturated heterocycles. The van der Waals surface area contributed by atoms with Gasteiger partial charge in [-0.15, -0.1) is 0 Å². The Morgan fingerprint density at radius 2 is 1.06 bits per heavy atom. The largest absolute Gasteiger partial charge is 0.403 e. The molecule has 0 aliphatic carbocycles. The van der Waals surface area contributed by atoms with Crippen LogP contribution in [0.5, 0.6) is 0 Å². The van der Waals surface area contributed by atoms with E-state index in [2.05, 4.69) is 0 Å². The molecule has 0 amide bonds. The van der Waals surface area contributed by atoms with Gasteiger partial charge in [0, 0.05) is 0 Å². The number of allylic oxidation sites excluding steroid dienone is 1. The molecule has 10 heteroatoms. The van der Waals surface area contributed by atoms with Gasteiger partial charge in [0.05, 0.1) is 0 Å². The summed E-state index contributed by atoms with van der Waals surface area (Å²) in [6.07, 6.45) is -20.5. The first-order valence-corrected chi connectivity index (χ1v) is 3.37. The summed E-state index contributed by atoms with van der Waals surface area (Å²) >= 11 is 0. The van der Waals surface area contributed by atoms with Crippen LogP contribution >= 0.6 is 0 Å². The standard InChI is InChI=1S/C6H2F10/c7-1(2(8)4(9)10)3(5(11,12)13)6(14,15)16/h1,3H. The lowest BCUT2D eigenvalue weighted by Gasteiger charge is -2.24. The van der Waals surface area contributed by atoms with E-state index in [-0.39, 0.29) is 0 Å². The van der Waals surface area contributed by atoms with E-state index in [1.807, 2.05) is 0 Å². The Balaban J connectivity index is 5.33. The average molecular weight is 264 g/mol. The van der Waals surface area contributed by atoms with Gasteiger partial charge in [-0.25, -0.2) is 8.78 Å². The van der Waals surface area contributed by atoms with E-state index in [4.69, 9.17) is 0 Å². The van der Waals surface area contributed by atoms with Gasteiger partial charge >= 0.3 is 18.4 Å². The zero-order valence-corrected chi connectivity index (χ0v) is 6.93. The fourth-order valence-electron chi connectivity index (χ4n) is 0.768. The molecule has 0 aliphatic rings. The minimum atomic E-state index is -6.22. The summed E-state index contributed by atoms with van der Waals surface area (Å²) in [5.74, 6) is -8.19. The van der Waals surface area contributed by atoms with Gasteiger partial charge in [-0.05, 0) is 0 Å². The lowest BCUT2D eigenvalue weighted by Crippen LogP contribution is -2.43. The molecule has 0 bridgehead atoms. The lowest BCUT2D eigenvalue weighted by molar-refractivity contribution is -0.297. The van der Waals surface area contributed by atoms with E-state index in [9.17, 15) is 43.9 Å². The Labute approximate surface area is 81.5 Å². The van der Waals surface area contributed by atoms with Gasteiger partial charge in [-0.1, -0.05) is 0 Å². The van der Waals surface area contributed by atoms with Gasteiger partial charge in [-0.2, -0.15) is 35.1 Å². The Hall–Kier alpha value is -0.960. The van der Waals surface area contributed by atoms with Crippen molar-refractivity contribution in [3.05, 3.63) is 11.9 Å². The van der Waals surface area contributed by atoms with Crippen LogP contribution in [0.15, 0.2) is 11.9 Å². The fourth-order valence-corrected chi connectivity index (χ4v) is 0.768. The predicted octanol–water partition coefficient (Wildman–Crippen LogP) is 4.14. The summed E-state index contributed by atoms with van der Waals surface area (Å²) in [6, 6.07) is 0. The first-order valence-electron chi connectivity index (χ1n) is 3.37. The summed E-state index contributed by atoms with van der Waals surface area (Å²) in [7, 11) is 0. The Bertz CT molecular complexity index is 252. The first-order chi connectivity index (χ1) is 6.89. The van der Waals surface area contributed by atoms with Crippen molar-refractivity contribution < 1.29 is 43.9 Å². The Morgan fingerprint density at radius 1 is 0.750 bits per heavy atom. The van der Waals surface area contributed by atoms with Crippen molar-refractivity contribution in [3.8, 4) is 0 Å². The third-order valence-electron chi connectivity index (χ3n) is 1.42. The molecule has 16 heavy (non-hydrogen) atoms. The third-order valence-corrected chi connectivity index (χ3v) is 1.42. The second kappa shape index (κ2) is 4.50. The molecule has 0 heterocycles. The molecule has 0 radical (unpaired) electrons. The molecule has 0 spiro atoms. The number of rotatable bonds is 2. The topological polar surface area (TPSA) is 0 Å². The summed E-state index contributed by atoms with van der Waals surface area (Å²) in [5.41, 5.74) is 0. The van der Waals surface area contributed by atoms with Gasteiger partial charge in [0.1, 0.15) is 0 Å². The van der Waals surface area contributed by atoms with Crippen molar-refractivity contribution >= 4 is 0 Å². The van der Waals surface area contributed by atoms with Crippen molar-refractivity contribution in [2.24, 2.45) is 5.92 Å². The molecule has 0 aromatic heterocycles. The van der Waals surface area contributed by atoms with Gasteiger partial charge in [-0.3, -0.25) is 0 Å². The summed E-state index contributed by atoms with van der Waals surface area (Å²) in [6.45, 7) is 0. The van der Waals surface area contributed by atoms with Crippen LogP contribution < -0.4 is 0 Å². The molecule has 0 N–H and O–H groups in total. The van der Waals surface area contributed by atoms with Gasteiger partial charge in [0.25, 0.3) is 0 Å². The highest BCUT2D eigenvalue weighted by atomic mass is 19.4. The first kappa shape index (κ1) is 15.0. The van der Waals surface area contributed by atoms with E-state index in [0.29, 0.717) is 0 Å². The molecule has 0 aliphatic heterocycles. The van der Waals surface area contributed by atoms with E-state index in [1.54, 1.807) is 0 Å². The van der Waals surface area contributed by atoms with Gasteiger partial charge in [0.15, 0.2) is 17.9 Å². The number of halogens is 10. The Morgan fingerprint density at radius 3 is 1.25 bits per heavy atom. The maximum absolute atomic E-state index is 12.4. The maximum Gasteiger partial charge on any atom is 0.403 e. The molecule has 0 rings (SSSR count). The molecule has 1 atom stereocenters. The van der Waals surface area contributed by atoms with Crippen molar-refractivity contribution in [2.45, 2.75) is 18.5 Å². The van der Waals surface area contributed by atoms with Gasteiger partial charge in [0.2, 0.25) is 0 Å². The fraction of sp³-hybridized carbons (Fsp3) is 0.667. The van der Waals surface area contributed by atoms with E-state index in [0.717, 1.165) is 0 Å². The molecular weight excluding hydrogens is 262 g/mol. The highest BCUT2D eigenvalue weighted by molar-refractivity contribution is 5.04. The lowest BCUT2D eigenvalue weighted by atomic mass is 10.0. The monoisotopic (exact) mass is 264 g/mol. The zero-order chi connectivity index (χ0) is 13.3. The van der Waals surface area contributed by atoms with Crippen LogP contribution in [-0.4, -0.2) is 18.5 Å². The van der Waals surface area contributed by atoms with Crippen LogP contribution in [0.4, 0.5) is 43.9 Å². The van der Waals surface area contributed by atoms with Crippen molar-refractivity contribution in [3.63, 3.8) is 0 Å². The molecule has 96 valence electrons. The molecule has 0 aromatic rings. The van der Waals surface area contributed by atoms with Crippen LogP contribution in [0.3, 0.4) is 0 Å². The normalized spacial score (nSPS) is 15.2. The van der Waals surface area contributed by atoms with Crippen molar-refractivity contribution in [1.29, 1.82) is 0 Å². The highest BCUT2D eigenvalue weighted by Crippen LogP contribution is 2.44. The van der Waals surface area contributed by atoms with E-state index < -0.39 is 36.3 Å². The van der Waals surface area contributed by atoms with Crippen LogP contribution in [0.25, 0.3) is 0 Å². The predicted molar refractivity (Wildman–Crippen MR) is 30.8 cm³/mol. The molecule has 1 unspecified atom stereocenters. The number of hydrogen-bond donors (Lipinski definition) is 0. The number of alkyl halides is 7. The highest BCUT2D eigenvalue weighted by Gasteiger charge is 2.62. The minimum absolute atomic E-state index is 3.38. The second-order valence-corrected chi connectivity index (χ2v) is 2.57. The van der Waals surface area contributed by atoms with Crippen LogP contribution in [0.1, 0.15) is 0 Å². The SMILES string of the molecule is FC(F)=C(F)C(F)C(C(F)(F)F)C(F)(F)F. The summed E-state index contributed by atoms with van der Waals surface area (Å²) in [5, 5.41) is 0. The molecular formula is C6H2F10. The number of hydrogen-bond acceptors (Lipinski definition) is 0. The van der Waals surface area contributed by atoms with E-state index in [1.165, 1.54) is 0 Å². The molecule has 0 nitrogen and oxygen atoms in total. The molecule has 0 saturated carbocycles. The molecule has 0 aromatic carbocycles. The smallest absolute Gasteiger partial charge is 0.238 e. The summed E-state index contributed by atoms with van der Waals surface area (Å²) < 4.78 is 117. The molecule has 0 fully saturated rings. The zero-order valence-electron chi connectivity index (χ0n) is 6.93. The van der Waals surface area contributed by atoms with Crippen LogP contribution in [-0.2, 0) is 0 Å². The second-order valence-electron chi connectivity index (χ2n) is 2.57. The minimum Gasteiger partial charge on any atom is -0.238 e. The van der Waals surface area contributed by atoms with Crippen LogP contribution in [0.2, 0.25) is 0 Å².